The minimum Gasteiger partial charge on any atom is -0.493 e. The van der Waals surface area contributed by atoms with Crippen LogP contribution in [0.2, 0.25) is 0 Å². The van der Waals surface area contributed by atoms with E-state index in [9.17, 15) is 0 Å². The molecule has 2 aliphatic rings. The van der Waals surface area contributed by atoms with Gasteiger partial charge in [-0.2, -0.15) is 0 Å². The summed E-state index contributed by atoms with van der Waals surface area (Å²) >= 11 is 0. The van der Waals surface area contributed by atoms with Crippen LogP contribution in [0.3, 0.4) is 0 Å². The van der Waals surface area contributed by atoms with Crippen molar-refractivity contribution in [1.29, 1.82) is 0 Å². The van der Waals surface area contributed by atoms with Gasteiger partial charge in [-0.3, -0.25) is 0 Å². The van der Waals surface area contributed by atoms with Crippen molar-refractivity contribution >= 4 is 0 Å². The van der Waals surface area contributed by atoms with Crippen LogP contribution < -0.4 is 9.47 Å². The highest BCUT2D eigenvalue weighted by Gasteiger charge is 2.39. The molecule has 2 aromatic rings. The van der Waals surface area contributed by atoms with E-state index in [2.05, 4.69) is 66.3 Å². The minimum absolute atomic E-state index is 0.212. The minimum atomic E-state index is 0.212. The Kier molecular flexibility index (Phi) is 5.61. The van der Waals surface area contributed by atoms with Crippen LogP contribution in [0.25, 0.3) is 0 Å². The Morgan fingerprint density at radius 3 is 2.32 bits per heavy atom. The van der Waals surface area contributed by atoms with Crippen LogP contribution in [-0.2, 0) is 6.42 Å². The van der Waals surface area contributed by atoms with E-state index in [1.165, 1.54) is 29.5 Å². The normalized spacial score (nSPS) is 23.0. The molecule has 28 heavy (non-hydrogen) atoms. The van der Waals surface area contributed by atoms with Crippen molar-refractivity contribution in [1.82, 2.24) is 10.0 Å². The van der Waals surface area contributed by atoms with Crippen molar-refractivity contribution in [2.45, 2.75) is 45.2 Å². The summed E-state index contributed by atoms with van der Waals surface area (Å²) in [4.78, 5) is 0. The lowest BCUT2D eigenvalue weighted by Crippen LogP contribution is -2.51. The SMILES string of the molecule is COc1cc2c(cc1OC)[C@@H](c1ccccc1)N(N1CCC[C@H]1C(C)C)CC2. The molecule has 1 fully saturated rings. The van der Waals surface area contributed by atoms with E-state index in [4.69, 9.17) is 9.47 Å². The van der Waals surface area contributed by atoms with Crippen molar-refractivity contribution in [3.8, 4) is 11.5 Å². The van der Waals surface area contributed by atoms with Crippen LogP contribution in [-0.4, -0.2) is 43.4 Å². The number of hydrogen-bond acceptors (Lipinski definition) is 4. The zero-order valence-corrected chi connectivity index (χ0v) is 17.5. The number of nitrogens with zero attached hydrogens (tertiary/aromatic N) is 2. The Hall–Kier alpha value is -2.04. The smallest absolute Gasteiger partial charge is 0.161 e. The van der Waals surface area contributed by atoms with Gasteiger partial charge in [-0.1, -0.05) is 44.2 Å². The fourth-order valence-electron chi connectivity index (χ4n) is 4.97. The number of rotatable bonds is 5. The van der Waals surface area contributed by atoms with Gasteiger partial charge in [-0.05, 0) is 54.0 Å². The highest BCUT2D eigenvalue weighted by Crippen LogP contribution is 2.43. The first-order valence-electron chi connectivity index (χ1n) is 10.5. The van der Waals surface area contributed by atoms with Crippen LogP contribution in [0.15, 0.2) is 42.5 Å². The Bertz CT molecular complexity index is 806. The molecular formula is C24H32N2O2. The number of fused-ring (bicyclic) bond motifs is 1. The lowest BCUT2D eigenvalue weighted by Gasteiger charge is -2.46. The van der Waals surface area contributed by atoms with Gasteiger partial charge in [0.05, 0.1) is 20.3 Å². The number of ether oxygens (including phenoxy) is 2. The van der Waals surface area contributed by atoms with Crippen LogP contribution in [0.5, 0.6) is 11.5 Å². The molecule has 4 heteroatoms. The van der Waals surface area contributed by atoms with Crippen LogP contribution in [0.1, 0.15) is 49.4 Å². The third-order valence-corrected chi connectivity index (χ3v) is 6.33. The second-order valence-electron chi connectivity index (χ2n) is 8.25. The second kappa shape index (κ2) is 8.14. The van der Waals surface area contributed by atoms with E-state index in [-0.39, 0.29) is 6.04 Å². The van der Waals surface area contributed by atoms with Gasteiger partial charge >= 0.3 is 0 Å². The third-order valence-electron chi connectivity index (χ3n) is 6.33. The molecule has 2 atom stereocenters. The zero-order valence-electron chi connectivity index (χ0n) is 17.5. The monoisotopic (exact) mass is 380 g/mol. The van der Waals surface area contributed by atoms with Crippen molar-refractivity contribution in [2.75, 3.05) is 27.3 Å². The molecule has 2 aromatic carbocycles. The van der Waals surface area contributed by atoms with E-state index >= 15 is 0 Å². The first-order valence-corrected chi connectivity index (χ1v) is 10.5. The van der Waals surface area contributed by atoms with Crippen LogP contribution in [0.4, 0.5) is 0 Å². The molecule has 0 unspecified atom stereocenters. The summed E-state index contributed by atoms with van der Waals surface area (Å²) in [5, 5.41) is 5.28. The molecule has 0 saturated carbocycles. The van der Waals surface area contributed by atoms with Gasteiger partial charge in [0.2, 0.25) is 0 Å². The van der Waals surface area contributed by atoms with Crippen molar-refractivity contribution < 1.29 is 9.47 Å². The highest BCUT2D eigenvalue weighted by molar-refractivity contribution is 5.51. The third kappa shape index (κ3) is 3.40. The van der Waals surface area contributed by atoms with Gasteiger partial charge in [-0.25, -0.2) is 10.0 Å². The molecule has 0 aliphatic carbocycles. The zero-order chi connectivity index (χ0) is 19.7. The molecule has 150 valence electrons. The van der Waals surface area contributed by atoms with Gasteiger partial charge in [0.1, 0.15) is 0 Å². The first-order chi connectivity index (χ1) is 13.6. The van der Waals surface area contributed by atoms with Gasteiger partial charge in [0.15, 0.2) is 11.5 Å². The van der Waals surface area contributed by atoms with E-state index in [0.717, 1.165) is 31.0 Å². The standard InChI is InChI=1S/C24H32N2O2/c1-17(2)21-11-8-13-25(21)26-14-12-19-15-22(27-3)23(28-4)16-20(19)24(26)18-9-6-5-7-10-18/h5-7,9-10,15-17,21,24H,8,11-14H2,1-4H3/t21-,24+/m0/s1. The first kappa shape index (κ1) is 19.3. The molecule has 0 radical (unpaired) electrons. The molecule has 0 N–H and O–H groups in total. The summed E-state index contributed by atoms with van der Waals surface area (Å²) in [6.45, 7) is 6.89. The molecule has 4 rings (SSSR count). The summed E-state index contributed by atoms with van der Waals surface area (Å²) in [6.07, 6.45) is 3.59. The maximum atomic E-state index is 5.65. The quantitative estimate of drug-likeness (QED) is 0.751. The van der Waals surface area contributed by atoms with Crippen LogP contribution in [0, 0.1) is 5.92 Å². The second-order valence-corrected chi connectivity index (χ2v) is 8.25. The summed E-state index contributed by atoms with van der Waals surface area (Å²) in [7, 11) is 3.43. The van der Waals surface area contributed by atoms with Gasteiger partial charge < -0.3 is 9.47 Å². The predicted octanol–water partition coefficient (Wildman–Crippen LogP) is 4.69. The van der Waals surface area contributed by atoms with Crippen molar-refractivity contribution in [3.63, 3.8) is 0 Å². The summed E-state index contributed by atoms with van der Waals surface area (Å²) in [5.74, 6) is 2.29. The number of hydrazine groups is 1. The van der Waals surface area contributed by atoms with Gasteiger partial charge in [0.25, 0.3) is 0 Å². The number of benzene rings is 2. The van der Waals surface area contributed by atoms with Crippen molar-refractivity contribution in [3.05, 3.63) is 59.2 Å². The Morgan fingerprint density at radius 2 is 1.64 bits per heavy atom. The lowest BCUT2D eigenvalue weighted by molar-refractivity contribution is -0.0766. The van der Waals surface area contributed by atoms with E-state index in [0.29, 0.717) is 12.0 Å². The Morgan fingerprint density at radius 1 is 0.929 bits per heavy atom. The highest BCUT2D eigenvalue weighted by atomic mass is 16.5. The largest absolute Gasteiger partial charge is 0.493 e. The molecule has 2 heterocycles. The molecule has 0 amide bonds. The average Bonchev–Trinajstić information content (AvgIpc) is 3.22. The maximum absolute atomic E-state index is 5.65. The molecule has 2 aliphatic heterocycles. The van der Waals surface area contributed by atoms with Crippen molar-refractivity contribution in [2.24, 2.45) is 5.92 Å². The molecule has 0 spiro atoms. The Labute approximate surface area is 169 Å². The molecular weight excluding hydrogens is 348 g/mol. The Balaban J connectivity index is 1.81. The fraction of sp³-hybridized carbons (Fsp3) is 0.500. The summed E-state index contributed by atoms with van der Waals surface area (Å²) in [5.41, 5.74) is 4.04. The van der Waals surface area contributed by atoms with Crippen LogP contribution >= 0.6 is 0 Å². The maximum Gasteiger partial charge on any atom is 0.161 e. The van der Waals surface area contributed by atoms with E-state index in [1.807, 2.05) is 0 Å². The molecule has 4 nitrogen and oxygen atoms in total. The lowest BCUT2D eigenvalue weighted by atomic mass is 9.88. The molecule has 0 aromatic heterocycles. The van der Waals surface area contributed by atoms with E-state index in [1.54, 1.807) is 14.2 Å². The predicted molar refractivity (Wildman–Crippen MR) is 113 cm³/mol. The average molecular weight is 381 g/mol. The van der Waals surface area contributed by atoms with E-state index < -0.39 is 0 Å². The number of hydrogen-bond donors (Lipinski definition) is 0. The van der Waals surface area contributed by atoms with Gasteiger partial charge in [-0.15, -0.1) is 0 Å². The molecule has 1 saturated heterocycles. The van der Waals surface area contributed by atoms with Gasteiger partial charge in [0, 0.05) is 19.1 Å². The molecule has 0 bridgehead atoms. The topological polar surface area (TPSA) is 24.9 Å². The summed E-state index contributed by atoms with van der Waals surface area (Å²) < 4.78 is 11.2. The number of methoxy groups -OCH3 is 2. The summed E-state index contributed by atoms with van der Waals surface area (Å²) in [6, 6.07) is 16.1. The fourth-order valence-corrected chi connectivity index (χ4v) is 4.97.